The van der Waals surface area contributed by atoms with Gasteiger partial charge in [-0.2, -0.15) is 0 Å². The summed E-state index contributed by atoms with van der Waals surface area (Å²) >= 11 is 0. The fraction of sp³-hybridized carbons (Fsp3) is 0.875. The Morgan fingerprint density at radius 3 is 2.47 bits per heavy atom. The van der Waals surface area contributed by atoms with Gasteiger partial charge in [0.2, 0.25) is 11.9 Å². The van der Waals surface area contributed by atoms with E-state index in [1.807, 2.05) is 0 Å². The Hall–Kier alpha value is -0.880. The first-order valence-electron chi connectivity index (χ1n) is 4.83. The molecular weight excluding hydrogens is 222 g/mol. The van der Waals surface area contributed by atoms with Crippen LogP contribution in [0.1, 0.15) is 6.42 Å². The first kappa shape index (κ1) is 12.2. The van der Waals surface area contributed by atoms with Crippen molar-refractivity contribution in [1.82, 2.24) is 10.2 Å². The average Bonchev–Trinajstić information content (AvgIpc) is 2.97. The summed E-state index contributed by atoms with van der Waals surface area (Å²) in [5, 5.41) is 13.5. The van der Waals surface area contributed by atoms with Gasteiger partial charge in [0.1, 0.15) is 5.92 Å². The molecule has 0 aromatic rings. The molecule has 86 valence electrons. The van der Waals surface area contributed by atoms with E-state index in [2.05, 4.69) is 5.32 Å². The van der Waals surface area contributed by atoms with Crippen molar-refractivity contribution in [2.24, 2.45) is 5.92 Å². The van der Waals surface area contributed by atoms with Crippen LogP contribution in [0.3, 0.4) is 0 Å². The number of hydrogen-bond donors (Lipinski definition) is 1. The van der Waals surface area contributed by atoms with Crippen LogP contribution in [-0.2, 0) is 4.79 Å². The van der Waals surface area contributed by atoms with Gasteiger partial charge in [-0.05, 0) is 0 Å². The Morgan fingerprint density at radius 1 is 1.40 bits per heavy atom. The molecule has 1 aliphatic heterocycles. The molecule has 2 fully saturated rings. The summed E-state index contributed by atoms with van der Waals surface area (Å²) < 4.78 is 0. The molecule has 6 nitrogen and oxygen atoms in total. The lowest BCUT2D eigenvalue weighted by molar-refractivity contribution is -0.497. The first-order valence-corrected chi connectivity index (χ1v) is 4.83. The Balaban J connectivity index is 0.00000112. The van der Waals surface area contributed by atoms with Crippen molar-refractivity contribution in [1.29, 1.82) is 0 Å². The van der Waals surface area contributed by atoms with Gasteiger partial charge in [0.05, 0.1) is 0 Å². The molecule has 2 unspecified atom stereocenters. The molecule has 2 aliphatic rings. The van der Waals surface area contributed by atoms with Gasteiger partial charge in [0.15, 0.2) is 0 Å². The van der Waals surface area contributed by atoms with E-state index in [1.54, 1.807) is 4.90 Å². The second kappa shape index (κ2) is 4.76. The van der Waals surface area contributed by atoms with Crippen molar-refractivity contribution < 1.29 is 9.72 Å². The van der Waals surface area contributed by atoms with Crippen LogP contribution in [0.2, 0.25) is 0 Å². The molecule has 0 aromatic carbocycles. The fourth-order valence-corrected chi connectivity index (χ4v) is 1.80. The molecule has 1 saturated heterocycles. The van der Waals surface area contributed by atoms with E-state index >= 15 is 0 Å². The Labute approximate surface area is 93.6 Å². The standard InChI is InChI=1S/C8H13N3O3.ClH/c12-8(6-5-7(6)11(13)14)10-3-1-9-2-4-10;/h6-7,9H,1-5H2;1H. The normalized spacial score (nSPS) is 29.2. The van der Waals surface area contributed by atoms with Crippen molar-refractivity contribution in [2.75, 3.05) is 26.2 Å². The molecule has 1 aliphatic carbocycles. The topological polar surface area (TPSA) is 75.5 Å². The monoisotopic (exact) mass is 235 g/mol. The summed E-state index contributed by atoms with van der Waals surface area (Å²) in [6.45, 7) is 2.95. The Morgan fingerprint density at radius 2 is 2.00 bits per heavy atom. The zero-order valence-corrected chi connectivity index (χ0v) is 9.03. The third-order valence-corrected chi connectivity index (χ3v) is 2.77. The minimum absolute atomic E-state index is 0. The van der Waals surface area contributed by atoms with E-state index in [1.165, 1.54) is 0 Å². The number of carbonyl (C=O) groups excluding carboxylic acids is 1. The highest BCUT2D eigenvalue weighted by atomic mass is 35.5. The largest absolute Gasteiger partial charge is 0.340 e. The van der Waals surface area contributed by atoms with Crippen molar-refractivity contribution in [3.05, 3.63) is 10.1 Å². The molecule has 0 aromatic heterocycles. The van der Waals surface area contributed by atoms with Gasteiger partial charge in [0.25, 0.3) is 0 Å². The van der Waals surface area contributed by atoms with Crippen LogP contribution in [-0.4, -0.2) is 48.0 Å². The predicted molar refractivity (Wildman–Crippen MR) is 55.6 cm³/mol. The molecule has 0 bridgehead atoms. The molecule has 2 rings (SSSR count). The van der Waals surface area contributed by atoms with Crippen LogP contribution in [0, 0.1) is 16.0 Å². The zero-order chi connectivity index (χ0) is 10.1. The number of amides is 1. The number of piperazine rings is 1. The van der Waals surface area contributed by atoms with Crippen molar-refractivity contribution >= 4 is 18.3 Å². The minimum atomic E-state index is -0.614. The minimum Gasteiger partial charge on any atom is -0.340 e. The lowest BCUT2D eigenvalue weighted by atomic mass is 10.3. The average molecular weight is 236 g/mol. The van der Waals surface area contributed by atoms with Gasteiger partial charge in [-0.15, -0.1) is 12.4 Å². The number of rotatable bonds is 2. The highest BCUT2D eigenvalue weighted by molar-refractivity contribution is 5.85. The Bertz CT molecular complexity index is 268. The third-order valence-electron chi connectivity index (χ3n) is 2.77. The summed E-state index contributed by atoms with van der Waals surface area (Å²) in [6.07, 6.45) is 0.426. The number of hydrogen-bond acceptors (Lipinski definition) is 4. The van der Waals surface area contributed by atoms with E-state index in [4.69, 9.17) is 0 Å². The second-order valence-electron chi connectivity index (χ2n) is 3.77. The molecule has 1 heterocycles. The number of nitro groups is 1. The van der Waals surface area contributed by atoms with Crippen LogP contribution in [0.4, 0.5) is 0 Å². The van der Waals surface area contributed by atoms with Gasteiger partial charge in [0, 0.05) is 37.5 Å². The molecule has 0 spiro atoms. The maximum atomic E-state index is 11.7. The summed E-state index contributed by atoms with van der Waals surface area (Å²) in [7, 11) is 0. The van der Waals surface area contributed by atoms with Crippen LogP contribution >= 0.6 is 12.4 Å². The van der Waals surface area contributed by atoms with Gasteiger partial charge < -0.3 is 10.2 Å². The number of carbonyl (C=O) groups is 1. The fourth-order valence-electron chi connectivity index (χ4n) is 1.80. The lowest BCUT2D eigenvalue weighted by Crippen LogP contribution is -2.47. The highest BCUT2D eigenvalue weighted by Gasteiger charge is 2.54. The van der Waals surface area contributed by atoms with E-state index < -0.39 is 6.04 Å². The molecule has 1 N–H and O–H groups in total. The van der Waals surface area contributed by atoms with E-state index in [0.717, 1.165) is 13.1 Å². The molecule has 0 radical (unpaired) electrons. The number of nitrogens with one attached hydrogen (secondary N) is 1. The predicted octanol–water partition coefficient (Wildman–Crippen LogP) is -0.495. The first-order chi connectivity index (χ1) is 6.70. The van der Waals surface area contributed by atoms with Crippen molar-refractivity contribution in [3.63, 3.8) is 0 Å². The van der Waals surface area contributed by atoms with E-state index in [9.17, 15) is 14.9 Å². The van der Waals surface area contributed by atoms with Crippen LogP contribution in [0.25, 0.3) is 0 Å². The maximum absolute atomic E-state index is 11.7. The second-order valence-corrected chi connectivity index (χ2v) is 3.77. The van der Waals surface area contributed by atoms with Gasteiger partial charge in [-0.3, -0.25) is 14.9 Å². The molecule has 1 saturated carbocycles. The van der Waals surface area contributed by atoms with Crippen molar-refractivity contribution in [3.8, 4) is 0 Å². The summed E-state index contributed by atoms with van der Waals surface area (Å²) in [6, 6.07) is -0.614. The zero-order valence-electron chi connectivity index (χ0n) is 8.22. The number of nitrogens with zero attached hydrogens (tertiary/aromatic N) is 2. The summed E-state index contributed by atoms with van der Waals surface area (Å²) in [5.41, 5.74) is 0. The molecule has 1 amide bonds. The maximum Gasteiger partial charge on any atom is 0.232 e. The van der Waals surface area contributed by atoms with Gasteiger partial charge >= 0.3 is 0 Å². The molecule has 7 heteroatoms. The van der Waals surface area contributed by atoms with Gasteiger partial charge in [-0.1, -0.05) is 0 Å². The third kappa shape index (κ3) is 2.57. The van der Waals surface area contributed by atoms with Crippen LogP contribution in [0.5, 0.6) is 0 Å². The molecule has 15 heavy (non-hydrogen) atoms. The lowest BCUT2D eigenvalue weighted by Gasteiger charge is -2.27. The number of halogens is 1. The van der Waals surface area contributed by atoms with Gasteiger partial charge in [-0.25, -0.2) is 0 Å². The van der Waals surface area contributed by atoms with Crippen molar-refractivity contribution in [2.45, 2.75) is 12.5 Å². The molecular formula is C8H14ClN3O3. The summed E-state index contributed by atoms with van der Waals surface area (Å²) in [5.74, 6) is -0.378. The quantitative estimate of drug-likeness (QED) is 0.518. The highest BCUT2D eigenvalue weighted by Crippen LogP contribution is 2.34. The van der Waals surface area contributed by atoms with E-state index in [-0.39, 0.29) is 29.2 Å². The SMILES string of the molecule is Cl.O=C(C1CC1[N+](=O)[O-])N1CCNCC1. The van der Waals surface area contributed by atoms with Crippen LogP contribution < -0.4 is 5.32 Å². The Kier molecular flexibility index (Phi) is 3.87. The van der Waals surface area contributed by atoms with E-state index in [0.29, 0.717) is 19.5 Å². The summed E-state index contributed by atoms with van der Waals surface area (Å²) in [4.78, 5) is 23.4. The van der Waals surface area contributed by atoms with Crippen LogP contribution in [0.15, 0.2) is 0 Å². The molecule has 2 atom stereocenters. The smallest absolute Gasteiger partial charge is 0.232 e.